The van der Waals surface area contributed by atoms with E-state index in [1.807, 2.05) is 37.1 Å². The smallest absolute Gasteiger partial charge is 0.242 e. The van der Waals surface area contributed by atoms with E-state index in [0.29, 0.717) is 30.5 Å². The van der Waals surface area contributed by atoms with Crippen LogP contribution in [0, 0.1) is 0 Å². The molecule has 0 radical (unpaired) electrons. The zero-order valence-corrected chi connectivity index (χ0v) is 11.8. The van der Waals surface area contributed by atoms with Crippen LogP contribution < -0.4 is 15.4 Å². The average molecular weight is 273 g/mol. The van der Waals surface area contributed by atoms with Crippen molar-refractivity contribution in [2.45, 2.75) is 19.9 Å². The van der Waals surface area contributed by atoms with Crippen molar-refractivity contribution in [1.82, 2.24) is 15.0 Å². The van der Waals surface area contributed by atoms with Crippen molar-refractivity contribution in [3.63, 3.8) is 0 Å². The lowest BCUT2D eigenvalue weighted by Gasteiger charge is -2.20. The van der Waals surface area contributed by atoms with E-state index in [0.717, 1.165) is 12.1 Å². The molecule has 0 spiro atoms. The Morgan fingerprint density at radius 2 is 2.10 bits per heavy atom. The number of nitrogens with zero attached hydrogens (tertiary/aromatic N) is 4. The predicted octanol–water partition coefficient (Wildman–Crippen LogP) is 1.88. The maximum atomic E-state index is 6.07. The summed E-state index contributed by atoms with van der Waals surface area (Å²) in [6.45, 7) is 3.24. The monoisotopic (exact) mass is 273 g/mol. The Morgan fingerprint density at radius 3 is 2.80 bits per heavy atom. The molecule has 0 saturated heterocycles. The molecule has 2 rings (SSSR count). The van der Waals surface area contributed by atoms with Crippen LogP contribution in [-0.2, 0) is 6.54 Å². The van der Waals surface area contributed by atoms with E-state index < -0.39 is 0 Å². The van der Waals surface area contributed by atoms with Crippen molar-refractivity contribution >= 4 is 11.5 Å². The molecule has 0 unspecified atom stereocenters. The SMILES string of the molecule is CCCOc1ncnc(N(C)Cc2ccccn2)c1N. The summed E-state index contributed by atoms with van der Waals surface area (Å²) in [7, 11) is 1.91. The van der Waals surface area contributed by atoms with Gasteiger partial charge in [-0.1, -0.05) is 13.0 Å². The third-order valence-corrected chi connectivity index (χ3v) is 2.76. The van der Waals surface area contributed by atoms with E-state index in [4.69, 9.17) is 10.5 Å². The first-order valence-corrected chi connectivity index (χ1v) is 6.56. The Labute approximate surface area is 118 Å². The van der Waals surface area contributed by atoms with Crippen LogP contribution in [-0.4, -0.2) is 28.6 Å². The molecule has 2 aromatic heterocycles. The summed E-state index contributed by atoms with van der Waals surface area (Å²) in [5.74, 6) is 1.08. The number of hydrogen-bond donors (Lipinski definition) is 1. The highest BCUT2D eigenvalue weighted by atomic mass is 16.5. The summed E-state index contributed by atoms with van der Waals surface area (Å²) in [6, 6.07) is 5.80. The van der Waals surface area contributed by atoms with E-state index in [-0.39, 0.29) is 0 Å². The minimum Gasteiger partial charge on any atom is -0.476 e. The Morgan fingerprint density at radius 1 is 1.25 bits per heavy atom. The van der Waals surface area contributed by atoms with E-state index in [9.17, 15) is 0 Å². The second-order valence-electron chi connectivity index (χ2n) is 4.44. The fourth-order valence-corrected chi connectivity index (χ4v) is 1.80. The number of ether oxygens (including phenoxy) is 1. The standard InChI is InChI=1S/C14H19N5O/c1-3-8-20-14-12(15)13(17-10-18-14)19(2)9-11-6-4-5-7-16-11/h4-7,10H,3,8-9,15H2,1-2H3. The summed E-state index contributed by atoms with van der Waals surface area (Å²) in [5.41, 5.74) is 7.47. The van der Waals surface area contributed by atoms with Gasteiger partial charge in [0.2, 0.25) is 5.88 Å². The molecule has 2 N–H and O–H groups in total. The molecule has 0 aromatic carbocycles. The number of anilines is 2. The van der Waals surface area contributed by atoms with E-state index in [1.54, 1.807) is 6.20 Å². The number of nitrogens with two attached hydrogens (primary N) is 1. The minimum atomic E-state index is 0.435. The molecule has 20 heavy (non-hydrogen) atoms. The number of aromatic nitrogens is 3. The van der Waals surface area contributed by atoms with Gasteiger partial charge in [0.1, 0.15) is 12.0 Å². The summed E-state index contributed by atoms with van der Waals surface area (Å²) >= 11 is 0. The Kier molecular flexibility index (Phi) is 4.70. The number of hydrogen-bond acceptors (Lipinski definition) is 6. The molecule has 0 aliphatic heterocycles. The van der Waals surface area contributed by atoms with Crippen molar-refractivity contribution in [3.05, 3.63) is 36.4 Å². The second-order valence-corrected chi connectivity index (χ2v) is 4.44. The molecular formula is C14H19N5O. The molecule has 106 valence electrons. The zero-order valence-electron chi connectivity index (χ0n) is 11.8. The highest BCUT2D eigenvalue weighted by Gasteiger charge is 2.13. The van der Waals surface area contributed by atoms with Gasteiger partial charge in [-0.3, -0.25) is 4.98 Å². The second kappa shape index (κ2) is 6.70. The molecule has 2 aromatic rings. The van der Waals surface area contributed by atoms with Gasteiger partial charge in [0.25, 0.3) is 0 Å². The van der Waals surface area contributed by atoms with Crippen molar-refractivity contribution in [2.24, 2.45) is 0 Å². The van der Waals surface area contributed by atoms with Crippen LogP contribution in [0.2, 0.25) is 0 Å². The molecule has 0 amide bonds. The van der Waals surface area contributed by atoms with Crippen molar-refractivity contribution < 1.29 is 4.74 Å². The van der Waals surface area contributed by atoms with Gasteiger partial charge in [0, 0.05) is 13.2 Å². The van der Waals surface area contributed by atoms with Gasteiger partial charge in [0.05, 0.1) is 18.8 Å². The van der Waals surface area contributed by atoms with Crippen LogP contribution in [0.1, 0.15) is 19.0 Å². The van der Waals surface area contributed by atoms with Gasteiger partial charge in [-0.05, 0) is 18.6 Å². The summed E-state index contributed by atoms with van der Waals surface area (Å²) in [4.78, 5) is 14.5. The predicted molar refractivity (Wildman–Crippen MR) is 78.6 cm³/mol. The Hall–Kier alpha value is -2.37. The molecule has 0 bridgehead atoms. The third-order valence-electron chi connectivity index (χ3n) is 2.76. The van der Waals surface area contributed by atoms with E-state index >= 15 is 0 Å². The maximum Gasteiger partial charge on any atom is 0.242 e. The van der Waals surface area contributed by atoms with Crippen molar-refractivity contribution in [2.75, 3.05) is 24.3 Å². The highest BCUT2D eigenvalue weighted by Crippen LogP contribution is 2.27. The van der Waals surface area contributed by atoms with E-state index in [1.165, 1.54) is 6.33 Å². The molecule has 6 heteroatoms. The lowest BCUT2D eigenvalue weighted by Crippen LogP contribution is -2.20. The molecule has 2 heterocycles. The fraction of sp³-hybridized carbons (Fsp3) is 0.357. The van der Waals surface area contributed by atoms with Crippen LogP contribution in [0.25, 0.3) is 0 Å². The normalized spacial score (nSPS) is 10.3. The summed E-state index contributed by atoms with van der Waals surface area (Å²) in [5, 5.41) is 0. The number of nitrogen functional groups attached to an aromatic ring is 1. The first kappa shape index (κ1) is 14.0. The Balaban J connectivity index is 2.15. The quantitative estimate of drug-likeness (QED) is 0.866. The van der Waals surface area contributed by atoms with E-state index in [2.05, 4.69) is 15.0 Å². The van der Waals surface area contributed by atoms with Gasteiger partial charge >= 0.3 is 0 Å². The first-order valence-electron chi connectivity index (χ1n) is 6.56. The zero-order chi connectivity index (χ0) is 14.4. The highest BCUT2D eigenvalue weighted by molar-refractivity contribution is 5.67. The van der Waals surface area contributed by atoms with Crippen LogP contribution in [0.15, 0.2) is 30.7 Å². The number of pyridine rings is 1. The molecular weight excluding hydrogens is 254 g/mol. The molecule has 6 nitrogen and oxygen atoms in total. The van der Waals surface area contributed by atoms with Crippen LogP contribution in [0.4, 0.5) is 11.5 Å². The van der Waals surface area contributed by atoms with Gasteiger partial charge in [-0.25, -0.2) is 4.98 Å². The Bertz CT molecular complexity index is 547. The molecule has 0 saturated carbocycles. The van der Waals surface area contributed by atoms with Gasteiger partial charge < -0.3 is 15.4 Å². The molecule has 0 fully saturated rings. The van der Waals surface area contributed by atoms with Crippen molar-refractivity contribution in [3.8, 4) is 5.88 Å². The maximum absolute atomic E-state index is 6.07. The fourth-order valence-electron chi connectivity index (χ4n) is 1.80. The summed E-state index contributed by atoms with van der Waals surface area (Å²) in [6.07, 6.45) is 4.14. The van der Waals surface area contributed by atoms with Crippen LogP contribution in [0.5, 0.6) is 5.88 Å². The van der Waals surface area contributed by atoms with Gasteiger partial charge in [-0.15, -0.1) is 0 Å². The third kappa shape index (κ3) is 3.34. The average Bonchev–Trinajstić information content (AvgIpc) is 2.47. The van der Waals surface area contributed by atoms with Crippen LogP contribution >= 0.6 is 0 Å². The first-order chi connectivity index (χ1) is 9.72. The largest absolute Gasteiger partial charge is 0.476 e. The summed E-state index contributed by atoms with van der Waals surface area (Å²) < 4.78 is 5.51. The van der Waals surface area contributed by atoms with Crippen LogP contribution in [0.3, 0.4) is 0 Å². The lowest BCUT2D eigenvalue weighted by atomic mass is 10.3. The molecule has 0 aliphatic rings. The lowest BCUT2D eigenvalue weighted by molar-refractivity contribution is 0.306. The molecule has 0 atom stereocenters. The van der Waals surface area contributed by atoms with Crippen molar-refractivity contribution in [1.29, 1.82) is 0 Å². The number of rotatable bonds is 6. The topological polar surface area (TPSA) is 77.2 Å². The minimum absolute atomic E-state index is 0.435. The van der Waals surface area contributed by atoms with Gasteiger partial charge in [0.15, 0.2) is 5.82 Å². The molecule has 0 aliphatic carbocycles. The van der Waals surface area contributed by atoms with Gasteiger partial charge in [-0.2, -0.15) is 4.98 Å².